The van der Waals surface area contributed by atoms with Gasteiger partial charge in [-0.25, -0.2) is 4.98 Å². The molecule has 0 spiro atoms. The third-order valence-electron chi connectivity index (χ3n) is 4.37. The molecule has 134 valence electrons. The molecule has 0 fully saturated rings. The van der Waals surface area contributed by atoms with Crippen molar-refractivity contribution in [1.29, 1.82) is 0 Å². The SMILES string of the molecule is Cc1ccc(-c2cc(C(=O)NCc3ccccn3)c3c(C)noc3n2)cc1. The van der Waals surface area contributed by atoms with Crippen LogP contribution < -0.4 is 5.32 Å². The lowest BCUT2D eigenvalue weighted by Crippen LogP contribution is -2.23. The van der Waals surface area contributed by atoms with Crippen LogP contribution in [0.2, 0.25) is 0 Å². The van der Waals surface area contributed by atoms with E-state index in [1.807, 2.05) is 49.4 Å². The minimum absolute atomic E-state index is 0.215. The summed E-state index contributed by atoms with van der Waals surface area (Å²) in [4.78, 5) is 21.6. The lowest BCUT2D eigenvalue weighted by Gasteiger charge is -2.08. The number of aromatic nitrogens is 3. The topological polar surface area (TPSA) is 80.9 Å². The molecule has 0 radical (unpaired) electrons. The molecular formula is C21H18N4O2. The van der Waals surface area contributed by atoms with Crippen molar-refractivity contribution in [2.45, 2.75) is 20.4 Å². The Labute approximate surface area is 156 Å². The number of pyridine rings is 2. The Morgan fingerprint density at radius 2 is 1.93 bits per heavy atom. The van der Waals surface area contributed by atoms with Gasteiger partial charge in [-0.05, 0) is 32.0 Å². The highest BCUT2D eigenvalue weighted by molar-refractivity contribution is 6.06. The van der Waals surface area contributed by atoms with Crippen molar-refractivity contribution in [3.05, 3.63) is 77.2 Å². The molecule has 3 aromatic heterocycles. The Balaban J connectivity index is 1.72. The van der Waals surface area contributed by atoms with Crippen LogP contribution in [0.15, 0.2) is 59.3 Å². The van der Waals surface area contributed by atoms with Gasteiger partial charge in [0.25, 0.3) is 11.6 Å². The van der Waals surface area contributed by atoms with Gasteiger partial charge in [0.1, 0.15) is 0 Å². The molecule has 1 amide bonds. The molecule has 1 aromatic carbocycles. The molecule has 4 aromatic rings. The maximum Gasteiger partial charge on any atom is 0.259 e. The predicted molar refractivity (Wildman–Crippen MR) is 102 cm³/mol. The first-order valence-electron chi connectivity index (χ1n) is 8.64. The van der Waals surface area contributed by atoms with Gasteiger partial charge in [-0.15, -0.1) is 0 Å². The second-order valence-electron chi connectivity index (χ2n) is 6.37. The molecule has 0 aliphatic rings. The lowest BCUT2D eigenvalue weighted by molar-refractivity contribution is 0.0952. The number of nitrogens with one attached hydrogen (secondary N) is 1. The van der Waals surface area contributed by atoms with Crippen molar-refractivity contribution in [1.82, 2.24) is 20.4 Å². The average Bonchev–Trinajstić information content (AvgIpc) is 3.08. The molecule has 0 aliphatic heterocycles. The van der Waals surface area contributed by atoms with E-state index in [1.54, 1.807) is 19.2 Å². The van der Waals surface area contributed by atoms with Crippen LogP contribution in [0, 0.1) is 13.8 Å². The molecule has 0 unspecified atom stereocenters. The summed E-state index contributed by atoms with van der Waals surface area (Å²) in [5.74, 6) is -0.215. The van der Waals surface area contributed by atoms with Crippen LogP contribution in [-0.2, 0) is 6.54 Å². The summed E-state index contributed by atoms with van der Waals surface area (Å²) in [6.07, 6.45) is 1.70. The molecule has 4 rings (SSSR count). The quantitative estimate of drug-likeness (QED) is 0.600. The van der Waals surface area contributed by atoms with E-state index in [1.165, 1.54) is 0 Å². The van der Waals surface area contributed by atoms with E-state index < -0.39 is 0 Å². The number of carbonyl (C=O) groups is 1. The molecule has 1 N–H and O–H groups in total. The van der Waals surface area contributed by atoms with Crippen LogP contribution in [0.1, 0.15) is 27.3 Å². The second kappa shape index (κ2) is 6.99. The van der Waals surface area contributed by atoms with E-state index >= 15 is 0 Å². The number of hydrogen-bond donors (Lipinski definition) is 1. The summed E-state index contributed by atoms with van der Waals surface area (Å²) >= 11 is 0. The van der Waals surface area contributed by atoms with Crippen molar-refractivity contribution < 1.29 is 9.32 Å². The zero-order valence-electron chi connectivity index (χ0n) is 15.1. The predicted octanol–water partition coefficient (Wildman–Crippen LogP) is 3.83. The molecule has 0 atom stereocenters. The van der Waals surface area contributed by atoms with E-state index in [0.717, 1.165) is 16.8 Å². The van der Waals surface area contributed by atoms with E-state index in [0.29, 0.717) is 34.6 Å². The summed E-state index contributed by atoms with van der Waals surface area (Å²) in [6, 6.07) is 15.3. The normalized spacial score (nSPS) is 10.9. The van der Waals surface area contributed by atoms with Gasteiger partial charge in [0.2, 0.25) is 0 Å². The molecule has 27 heavy (non-hydrogen) atoms. The number of carbonyl (C=O) groups excluding carboxylic acids is 1. The van der Waals surface area contributed by atoms with Gasteiger partial charge in [0.15, 0.2) is 0 Å². The first-order valence-corrected chi connectivity index (χ1v) is 8.64. The van der Waals surface area contributed by atoms with Crippen molar-refractivity contribution in [3.8, 4) is 11.3 Å². The van der Waals surface area contributed by atoms with Crippen LogP contribution in [0.4, 0.5) is 0 Å². The zero-order valence-corrected chi connectivity index (χ0v) is 15.1. The maximum atomic E-state index is 12.9. The molecule has 0 aliphatic carbocycles. The fraction of sp³-hybridized carbons (Fsp3) is 0.143. The molecule has 0 saturated heterocycles. The van der Waals surface area contributed by atoms with Gasteiger partial charge in [-0.2, -0.15) is 0 Å². The number of rotatable bonds is 4. The zero-order chi connectivity index (χ0) is 18.8. The van der Waals surface area contributed by atoms with Crippen molar-refractivity contribution in [2.75, 3.05) is 0 Å². The third-order valence-corrected chi connectivity index (χ3v) is 4.37. The minimum Gasteiger partial charge on any atom is -0.346 e. The van der Waals surface area contributed by atoms with Crippen molar-refractivity contribution in [3.63, 3.8) is 0 Å². The Hall–Kier alpha value is -3.54. The van der Waals surface area contributed by atoms with Crippen LogP contribution in [0.25, 0.3) is 22.4 Å². The molecule has 6 nitrogen and oxygen atoms in total. The van der Waals surface area contributed by atoms with Gasteiger partial charge in [-0.1, -0.05) is 41.1 Å². The van der Waals surface area contributed by atoms with Crippen LogP contribution in [-0.4, -0.2) is 21.0 Å². The van der Waals surface area contributed by atoms with Crippen LogP contribution in [0.5, 0.6) is 0 Å². The summed E-state index contributed by atoms with van der Waals surface area (Å²) in [7, 11) is 0. The number of fused-ring (bicyclic) bond motifs is 1. The Morgan fingerprint density at radius 1 is 1.11 bits per heavy atom. The molecular weight excluding hydrogens is 340 g/mol. The molecule has 6 heteroatoms. The second-order valence-corrected chi connectivity index (χ2v) is 6.37. The first-order chi connectivity index (χ1) is 13.1. The van der Waals surface area contributed by atoms with E-state index in [4.69, 9.17) is 4.52 Å². The monoisotopic (exact) mass is 358 g/mol. The number of aryl methyl sites for hydroxylation is 2. The first kappa shape index (κ1) is 16.9. The van der Waals surface area contributed by atoms with Crippen LogP contribution in [0.3, 0.4) is 0 Å². The highest BCUT2D eigenvalue weighted by Crippen LogP contribution is 2.27. The van der Waals surface area contributed by atoms with Crippen molar-refractivity contribution >= 4 is 17.0 Å². The molecule has 0 bridgehead atoms. The summed E-state index contributed by atoms with van der Waals surface area (Å²) < 4.78 is 5.33. The van der Waals surface area contributed by atoms with Crippen LogP contribution >= 0.6 is 0 Å². The smallest absolute Gasteiger partial charge is 0.259 e. The average molecular weight is 358 g/mol. The standard InChI is InChI=1S/C21H18N4O2/c1-13-6-8-15(9-7-13)18-11-17(19-14(2)25-27-21(19)24-18)20(26)23-12-16-5-3-4-10-22-16/h3-11H,12H2,1-2H3,(H,23,26). The van der Waals surface area contributed by atoms with E-state index in [2.05, 4.69) is 20.4 Å². The van der Waals surface area contributed by atoms with E-state index in [9.17, 15) is 4.79 Å². The number of nitrogens with zero attached hydrogens (tertiary/aromatic N) is 3. The lowest BCUT2D eigenvalue weighted by atomic mass is 10.0. The summed E-state index contributed by atoms with van der Waals surface area (Å²) in [5, 5.41) is 7.52. The van der Waals surface area contributed by atoms with Gasteiger partial charge < -0.3 is 9.84 Å². The van der Waals surface area contributed by atoms with Gasteiger partial charge in [0, 0.05) is 11.8 Å². The van der Waals surface area contributed by atoms with Gasteiger partial charge >= 0.3 is 0 Å². The highest BCUT2D eigenvalue weighted by Gasteiger charge is 2.19. The highest BCUT2D eigenvalue weighted by atomic mass is 16.5. The Kier molecular flexibility index (Phi) is 4.38. The number of hydrogen-bond acceptors (Lipinski definition) is 5. The number of amides is 1. The Bertz CT molecular complexity index is 1100. The molecule has 3 heterocycles. The Morgan fingerprint density at radius 3 is 2.67 bits per heavy atom. The van der Waals surface area contributed by atoms with E-state index in [-0.39, 0.29) is 5.91 Å². The third kappa shape index (κ3) is 3.42. The maximum absolute atomic E-state index is 12.9. The van der Waals surface area contributed by atoms with Crippen molar-refractivity contribution in [2.24, 2.45) is 0 Å². The largest absolute Gasteiger partial charge is 0.346 e. The summed E-state index contributed by atoms with van der Waals surface area (Å²) in [5.41, 5.74) is 5.01. The minimum atomic E-state index is -0.215. The summed E-state index contributed by atoms with van der Waals surface area (Å²) in [6.45, 7) is 4.17. The fourth-order valence-electron chi connectivity index (χ4n) is 2.91. The molecule has 0 saturated carbocycles. The van der Waals surface area contributed by atoms with Gasteiger partial charge in [0.05, 0.1) is 34.6 Å². The number of benzene rings is 1. The fourth-order valence-corrected chi connectivity index (χ4v) is 2.91. The van der Waals surface area contributed by atoms with Gasteiger partial charge in [-0.3, -0.25) is 9.78 Å².